The van der Waals surface area contributed by atoms with E-state index in [1.54, 1.807) is 4.90 Å². The van der Waals surface area contributed by atoms with Gasteiger partial charge in [-0.05, 0) is 29.9 Å². The molecular weight excluding hydrogens is 322 g/mol. The van der Waals surface area contributed by atoms with Gasteiger partial charge >= 0.3 is 12.0 Å². The van der Waals surface area contributed by atoms with E-state index in [0.29, 0.717) is 19.5 Å². The van der Waals surface area contributed by atoms with E-state index in [0.717, 1.165) is 12.0 Å². The molecular formula is C18H25N3O4. The molecule has 136 valence electrons. The van der Waals surface area contributed by atoms with Gasteiger partial charge in [0.05, 0.1) is 6.54 Å². The molecule has 2 rings (SSSR count). The molecule has 0 radical (unpaired) electrons. The number of hydrogen-bond acceptors (Lipinski definition) is 3. The lowest BCUT2D eigenvalue weighted by Gasteiger charge is -2.29. The van der Waals surface area contributed by atoms with Crippen molar-refractivity contribution in [2.24, 2.45) is 5.92 Å². The highest BCUT2D eigenvalue weighted by molar-refractivity contribution is 5.87. The summed E-state index contributed by atoms with van der Waals surface area (Å²) in [4.78, 5) is 37.0. The van der Waals surface area contributed by atoms with Gasteiger partial charge in [-0.15, -0.1) is 0 Å². The maximum absolute atomic E-state index is 12.2. The second-order valence-corrected chi connectivity index (χ2v) is 6.69. The van der Waals surface area contributed by atoms with E-state index < -0.39 is 17.9 Å². The summed E-state index contributed by atoms with van der Waals surface area (Å²) in [7, 11) is 0. The van der Waals surface area contributed by atoms with Crippen molar-refractivity contribution >= 4 is 17.9 Å². The van der Waals surface area contributed by atoms with Crippen molar-refractivity contribution in [2.45, 2.75) is 39.3 Å². The third-order valence-corrected chi connectivity index (χ3v) is 4.16. The van der Waals surface area contributed by atoms with Crippen molar-refractivity contribution in [2.75, 3.05) is 13.1 Å². The van der Waals surface area contributed by atoms with Crippen LogP contribution < -0.4 is 10.6 Å². The molecule has 1 atom stereocenters. The normalized spacial score (nSPS) is 14.6. The van der Waals surface area contributed by atoms with Gasteiger partial charge in [-0.1, -0.05) is 38.1 Å². The Labute approximate surface area is 147 Å². The number of hydrogen-bond donors (Lipinski definition) is 3. The minimum absolute atomic E-state index is 0.143. The molecule has 0 bridgehead atoms. The average molecular weight is 347 g/mol. The van der Waals surface area contributed by atoms with Crippen molar-refractivity contribution in [3.8, 4) is 0 Å². The summed E-state index contributed by atoms with van der Waals surface area (Å²) in [6.07, 6.45) is 1.13. The summed E-state index contributed by atoms with van der Waals surface area (Å²) in [5.41, 5.74) is 2.35. The van der Waals surface area contributed by atoms with Gasteiger partial charge in [-0.3, -0.25) is 4.79 Å². The second-order valence-electron chi connectivity index (χ2n) is 6.69. The highest BCUT2D eigenvalue weighted by Crippen LogP contribution is 2.18. The van der Waals surface area contributed by atoms with Crippen LogP contribution in [0.1, 0.15) is 31.4 Å². The van der Waals surface area contributed by atoms with Gasteiger partial charge in [-0.25, -0.2) is 9.59 Å². The molecule has 25 heavy (non-hydrogen) atoms. The van der Waals surface area contributed by atoms with E-state index in [9.17, 15) is 14.4 Å². The van der Waals surface area contributed by atoms with Crippen LogP contribution in [0.3, 0.4) is 0 Å². The molecule has 7 heteroatoms. The van der Waals surface area contributed by atoms with Crippen molar-refractivity contribution < 1.29 is 19.5 Å². The zero-order valence-corrected chi connectivity index (χ0v) is 14.6. The number of carboxylic acid groups (broad SMARTS) is 1. The minimum Gasteiger partial charge on any atom is -0.480 e. The van der Waals surface area contributed by atoms with Crippen LogP contribution in [0.4, 0.5) is 4.79 Å². The molecule has 0 unspecified atom stereocenters. The van der Waals surface area contributed by atoms with Gasteiger partial charge in [0.15, 0.2) is 0 Å². The molecule has 0 spiro atoms. The van der Waals surface area contributed by atoms with Crippen LogP contribution in [0.15, 0.2) is 24.3 Å². The Morgan fingerprint density at radius 1 is 1.20 bits per heavy atom. The third-order valence-electron chi connectivity index (χ3n) is 4.16. The summed E-state index contributed by atoms with van der Waals surface area (Å²) >= 11 is 0. The first-order chi connectivity index (χ1) is 11.9. The molecule has 7 nitrogen and oxygen atoms in total. The predicted molar refractivity (Wildman–Crippen MR) is 93.0 cm³/mol. The molecule has 0 saturated heterocycles. The molecule has 3 amide bonds. The van der Waals surface area contributed by atoms with Crippen molar-refractivity contribution in [3.05, 3.63) is 35.4 Å². The molecule has 1 aromatic rings. The first kappa shape index (κ1) is 18.8. The number of nitrogens with zero attached hydrogens (tertiary/aromatic N) is 1. The van der Waals surface area contributed by atoms with Crippen LogP contribution >= 0.6 is 0 Å². The fourth-order valence-corrected chi connectivity index (χ4v) is 2.88. The molecule has 0 aliphatic carbocycles. The predicted octanol–water partition coefficient (Wildman–Crippen LogP) is 1.37. The Morgan fingerprint density at radius 2 is 1.88 bits per heavy atom. The average Bonchev–Trinajstić information content (AvgIpc) is 2.58. The Morgan fingerprint density at radius 3 is 2.52 bits per heavy atom. The largest absolute Gasteiger partial charge is 0.480 e. The topological polar surface area (TPSA) is 98.7 Å². The molecule has 1 aliphatic heterocycles. The molecule has 0 fully saturated rings. The maximum atomic E-state index is 12.2. The van der Waals surface area contributed by atoms with E-state index in [1.807, 2.05) is 32.0 Å². The lowest BCUT2D eigenvalue weighted by Crippen LogP contribution is -2.49. The summed E-state index contributed by atoms with van der Waals surface area (Å²) in [6, 6.07) is 6.71. The molecule has 3 N–H and O–H groups in total. The van der Waals surface area contributed by atoms with Gasteiger partial charge < -0.3 is 20.6 Å². The smallest absolute Gasteiger partial charge is 0.326 e. The van der Waals surface area contributed by atoms with Crippen molar-refractivity contribution in [3.63, 3.8) is 0 Å². The number of aliphatic carboxylic acids is 1. The van der Waals surface area contributed by atoms with E-state index in [2.05, 4.69) is 16.7 Å². The highest BCUT2D eigenvalue weighted by atomic mass is 16.4. The summed E-state index contributed by atoms with van der Waals surface area (Å²) in [6.45, 7) is 4.64. The number of urea groups is 1. The standard InChI is InChI=1S/C18H25N3O4/c1-12(2)9-15(17(23)24)20-16(22)10-19-18(25)21-8-7-13-5-3-4-6-14(13)11-21/h3-6,12,15H,7-11H2,1-2H3,(H,19,25)(H,20,22)(H,23,24)/t15-/m0/s1. The van der Waals surface area contributed by atoms with E-state index in [-0.39, 0.29) is 18.5 Å². The first-order valence-corrected chi connectivity index (χ1v) is 8.48. The fraction of sp³-hybridized carbons (Fsp3) is 0.500. The minimum atomic E-state index is -1.07. The number of carbonyl (C=O) groups excluding carboxylic acids is 2. The molecule has 1 heterocycles. The molecule has 0 aromatic heterocycles. The van der Waals surface area contributed by atoms with Gasteiger partial charge in [0, 0.05) is 13.1 Å². The molecule has 0 saturated carbocycles. The van der Waals surface area contributed by atoms with E-state index in [4.69, 9.17) is 5.11 Å². The van der Waals surface area contributed by atoms with Crippen LogP contribution in [0.5, 0.6) is 0 Å². The Balaban J connectivity index is 1.81. The first-order valence-electron chi connectivity index (χ1n) is 8.48. The third kappa shape index (κ3) is 5.48. The second kappa shape index (κ2) is 8.50. The number of rotatable bonds is 6. The Bertz CT molecular complexity index is 645. The zero-order chi connectivity index (χ0) is 18.4. The maximum Gasteiger partial charge on any atom is 0.326 e. The van der Waals surface area contributed by atoms with Crippen LogP contribution in [0.25, 0.3) is 0 Å². The van der Waals surface area contributed by atoms with Crippen molar-refractivity contribution in [1.82, 2.24) is 15.5 Å². The summed E-state index contributed by atoms with van der Waals surface area (Å²) in [5.74, 6) is -1.43. The Kier molecular flexibility index (Phi) is 6.38. The monoisotopic (exact) mass is 347 g/mol. The number of amides is 3. The Hall–Kier alpha value is -2.57. The number of fused-ring (bicyclic) bond motifs is 1. The number of nitrogens with one attached hydrogen (secondary N) is 2. The van der Waals surface area contributed by atoms with Crippen LogP contribution in [0, 0.1) is 5.92 Å². The SMILES string of the molecule is CC(C)C[C@H](NC(=O)CNC(=O)N1CCc2ccccc2C1)C(=O)O. The van der Waals surface area contributed by atoms with Gasteiger partial charge in [-0.2, -0.15) is 0 Å². The van der Waals surface area contributed by atoms with Gasteiger partial charge in [0.1, 0.15) is 6.04 Å². The van der Waals surface area contributed by atoms with Crippen LogP contribution in [0.2, 0.25) is 0 Å². The molecule has 1 aliphatic rings. The summed E-state index contributed by atoms with van der Waals surface area (Å²) in [5, 5.41) is 14.1. The van der Waals surface area contributed by atoms with Crippen LogP contribution in [-0.2, 0) is 22.6 Å². The number of carbonyl (C=O) groups is 3. The zero-order valence-electron chi connectivity index (χ0n) is 14.6. The molecule has 1 aromatic carbocycles. The lowest BCUT2D eigenvalue weighted by atomic mass is 10.0. The quantitative estimate of drug-likeness (QED) is 0.724. The van der Waals surface area contributed by atoms with Crippen LogP contribution in [-0.4, -0.2) is 47.0 Å². The number of benzene rings is 1. The van der Waals surface area contributed by atoms with E-state index >= 15 is 0 Å². The van der Waals surface area contributed by atoms with Crippen molar-refractivity contribution in [1.29, 1.82) is 0 Å². The van der Waals surface area contributed by atoms with Gasteiger partial charge in [0.25, 0.3) is 0 Å². The highest BCUT2D eigenvalue weighted by Gasteiger charge is 2.23. The summed E-state index contributed by atoms with van der Waals surface area (Å²) < 4.78 is 0. The van der Waals surface area contributed by atoms with Gasteiger partial charge in [0.2, 0.25) is 5.91 Å². The number of carboxylic acids is 1. The fourth-order valence-electron chi connectivity index (χ4n) is 2.88. The lowest BCUT2D eigenvalue weighted by molar-refractivity contribution is -0.142. The van der Waals surface area contributed by atoms with E-state index in [1.165, 1.54) is 5.56 Å².